The molecule has 4 heteroatoms. The molecule has 0 radical (unpaired) electrons. The Kier molecular flexibility index (Phi) is 5.33. The molecule has 0 unspecified atom stereocenters. The number of piperidine rings is 1. The van der Waals surface area contributed by atoms with Crippen LogP contribution in [0.2, 0.25) is 0 Å². The predicted molar refractivity (Wildman–Crippen MR) is 90.1 cm³/mol. The van der Waals surface area contributed by atoms with Crippen LogP contribution >= 0.6 is 0 Å². The Morgan fingerprint density at radius 1 is 0.864 bits per heavy atom. The van der Waals surface area contributed by atoms with Crippen LogP contribution in [0.15, 0.2) is 30.3 Å². The maximum Gasteiger partial charge on any atom is 0.223 e. The molecule has 2 aliphatic rings. The number of likely N-dealkylation sites (tertiary alicyclic amines) is 1. The molecular formula is C18H27N3O. The van der Waals surface area contributed by atoms with Gasteiger partial charge in [-0.25, -0.2) is 0 Å². The van der Waals surface area contributed by atoms with Gasteiger partial charge in [0.15, 0.2) is 0 Å². The summed E-state index contributed by atoms with van der Waals surface area (Å²) >= 11 is 0. The molecule has 0 aliphatic carbocycles. The summed E-state index contributed by atoms with van der Waals surface area (Å²) in [5, 5.41) is 0. The van der Waals surface area contributed by atoms with E-state index < -0.39 is 0 Å². The van der Waals surface area contributed by atoms with E-state index in [0.717, 1.165) is 45.8 Å². The number of rotatable bonds is 4. The Morgan fingerprint density at radius 3 is 2.23 bits per heavy atom. The van der Waals surface area contributed by atoms with Gasteiger partial charge in [-0.3, -0.25) is 9.69 Å². The summed E-state index contributed by atoms with van der Waals surface area (Å²) in [5.41, 5.74) is 1.31. The largest absolute Gasteiger partial charge is 0.369 e. The quantitative estimate of drug-likeness (QED) is 0.853. The van der Waals surface area contributed by atoms with E-state index in [-0.39, 0.29) is 0 Å². The number of benzene rings is 1. The fraction of sp³-hybridized carbons (Fsp3) is 0.611. The molecule has 0 saturated carbocycles. The minimum absolute atomic E-state index is 0.352. The fourth-order valence-corrected chi connectivity index (χ4v) is 3.42. The second-order valence-electron chi connectivity index (χ2n) is 6.36. The van der Waals surface area contributed by atoms with Crippen molar-refractivity contribution < 1.29 is 4.79 Å². The molecular weight excluding hydrogens is 274 g/mol. The highest BCUT2D eigenvalue weighted by Crippen LogP contribution is 2.16. The predicted octanol–water partition coefficient (Wildman–Crippen LogP) is 2.21. The maximum absolute atomic E-state index is 12.2. The third-order valence-corrected chi connectivity index (χ3v) is 4.84. The topological polar surface area (TPSA) is 26.8 Å². The van der Waals surface area contributed by atoms with Gasteiger partial charge in [-0.1, -0.05) is 18.2 Å². The number of anilines is 1. The summed E-state index contributed by atoms with van der Waals surface area (Å²) in [4.78, 5) is 19.1. The number of para-hydroxylation sites is 1. The molecule has 2 saturated heterocycles. The van der Waals surface area contributed by atoms with E-state index in [1.807, 2.05) is 0 Å². The SMILES string of the molecule is O=C(CCN1CCN(c2ccccc2)CC1)N1CCCCC1. The van der Waals surface area contributed by atoms with Crippen LogP contribution in [-0.2, 0) is 4.79 Å². The highest BCUT2D eigenvalue weighted by Gasteiger charge is 2.20. The van der Waals surface area contributed by atoms with Gasteiger partial charge in [-0.2, -0.15) is 0 Å². The third kappa shape index (κ3) is 4.01. The fourth-order valence-electron chi connectivity index (χ4n) is 3.42. The van der Waals surface area contributed by atoms with Crippen LogP contribution < -0.4 is 4.90 Å². The van der Waals surface area contributed by atoms with E-state index in [4.69, 9.17) is 0 Å². The summed E-state index contributed by atoms with van der Waals surface area (Å²) in [6, 6.07) is 10.6. The molecule has 22 heavy (non-hydrogen) atoms. The van der Waals surface area contributed by atoms with Gasteiger partial charge < -0.3 is 9.80 Å². The third-order valence-electron chi connectivity index (χ3n) is 4.84. The molecule has 0 N–H and O–H groups in total. The van der Waals surface area contributed by atoms with Crippen LogP contribution in [0.3, 0.4) is 0 Å². The van der Waals surface area contributed by atoms with Crippen LogP contribution in [0.25, 0.3) is 0 Å². The van der Waals surface area contributed by atoms with Crippen LogP contribution in [0.4, 0.5) is 5.69 Å². The highest BCUT2D eigenvalue weighted by molar-refractivity contribution is 5.76. The normalized spacial score (nSPS) is 20.2. The first-order valence-corrected chi connectivity index (χ1v) is 8.63. The standard InChI is InChI=1S/C18H27N3O/c22-18(21-10-5-2-6-11-21)9-12-19-13-15-20(16-14-19)17-7-3-1-4-8-17/h1,3-4,7-8H,2,5-6,9-16H2. The summed E-state index contributed by atoms with van der Waals surface area (Å²) in [7, 11) is 0. The van der Waals surface area contributed by atoms with Crippen molar-refractivity contribution in [2.45, 2.75) is 25.7 Å². The van der Waals surface area contributed by atoms with Gasteiger partial charge in [-0.05, 0) is 31.4 Å². The summed E-state index contributed by atoms with van der Waals surface area (Å²) in [6.45, 7) is 7.09. The van der Waals surface area contributed by atoms with Gasteiger partial charge >= 0.3 is 0 Å². The lowest BCUT2D eigenvalue weighted by molar-refractivity contribution is -0.132. The van der Waals surface area contributed by atoms with Gasteiger partial charge in [-0.15, -0.1) is 0 Å². The Morgan fingerprint density at radius 2 is 1.55 bits per heavy atom. The second-order valence-corrected chi connectivity index (χ2v) is 6.36. The van der Waals surface area contributed by atoms with Gasteiger partial charge in [0.2, 0.25) is 5.91 Å². The smallest absolute Gasteiger partial charge is 0.223 e. The molecule has 0 atom stereocenters. The van der Waals surface area contributed by atoms with E-state index in [9.17, 15) is 4.79 Å². The van der Waals surface area contributed by atoms with E-state index in [1.165, 1.54) is 24.9 Å². The van der Waals surface area contributed by atoms with Crippen LogP contribution in [0.5, 0.6) is 0 Å². The van der Waals surface area contributed by atoms with Crippen molar-refractivity contribution in [1.82, 2.24) is 9.80 Å². The van der Waals surface area contributed by atoms with Crippen LogP contribution in [0.1, 0.15) is 25.7 Å². The number of hydrogen-bond donors (Lipinski definition) is 0. The van der Waals surface area contributed by atoms with Crippen molar-refractivity contribution in [2.24, 2.45) is 0 Å². The minimum atomic E-state index is 0.352. The molecule has 1 aromatic rings. The zero-order chi connectivity index (χ0) is 15.2. The molecule has 120 valence electrons. The molecule has 1 amide bonds. The van der Waals surface area contributed by atoms with Gasteiger partial charge in [0.25, 0.3) is 0 Å². The summed E-state index contributed by atoms with van der Waals surface area (Å²) in [6.07, 6.45) is 4.33. The van der Waals surface area contributed by atoms with Crippen LogP contribution in [-0.4, -0.2) is 61.5 Å². The Labute approximate surface area is 133 Å². The lowest BCUT2D eigenvalue weighted by Crippen LogP contribution is -2.47. The molecule has 3 rings (SSSR count). The molecule has 4 nitrogen and oxygen atoms in total. The molecule has 0 spiro atoms. The van der Waals surface area contributed by atoms with Crippen molar-refractivity contribution >= 4 is 11.6 Å². The van der Waals surface area contributed by atoms with Crippen molar-refractivity contribution in [1.29, 1.82) is 0 Å². The molecule has 2 heterocycles. The number of carbonyl (C=O) groups is 1. The Balaban J connectivity index is 1.39. The van der Waals surface area contributed by atoms with Crippen molar-refractivity contribution in [3.05, 3.63) is 30.3 Å². The average molecular weight is 301 g/mol. The van der Waals surface area contributed by atoms with E-state index in [1.54, 1.807) is 0 Å². The number of hydrogen-bond acceptors (Lipinski definition) is 3. The summed E-state index contributed by atoms with van der Waals surface area (Å²) < 4.78 is 0. The van der Waals surface area contributed by atoms with Gasteiger partial charge in [0.1, 0.15) is 0 Å². The van der Waals surface area contributed by atoms with E-state index in [2.05, 4.69) is 45.0 Å². The zero-order valence-corrected chi connectivity index (χ0v) is 13.4. The number of carbonyl (C=O) groups excluding carboxylic acids is 1. The molecule has 2 aliphatic heterocycles. The van der Waals surface area contributed by atoms with Gasteiger partial charge in [0.05, 0.1) is 0 Å². The number of nitrogens with zero attached hydrogens (tertiary/aromatic N) is 3. The van der Waals surface area contributed by atoms with Gasteiger partial charge in [0, 0.05) is 57.9 Å². The van der Waals surface area contributed by atoms with Crippen LogP contribution in [0, 0.1) is 0 Å². The first-order chi connectivity index (χ1) is 10.8. The Hall–Kier alpha value is -1.55. The average Bonchev–Trinajstić information content (AvgIpc) is 2.61. The number of piperazine rings is 1. The minimum Gasteiger partial charge on any atom is -0.369 e. The molecule has 0 bridgehead atoms. The van der Waals surface area contributed by atoms with E-state index in [0.29, 0.717) is 12.3 Å². The maximum atomic E-state index is 12.2. The Bertz CT molecular complexity index is 462. The second kappa shape index (κ2) is 7.63. The van der Waals surface area contributed by atoms with E-state index >= 15 is 0 Å². The molecule has 0 aromatic heterocycles. The van der Waals surface area contributed by atoms with Crippen molar-refractivity contribution in [3.8, 4) is 0 Å². The first-order valence-electron chi connectivity index (χ1n) is 8.63. The highest BCUT2D eigenvalue weighted by atomic mass is 16.2. The number of amides is 1. The molecule has 1 aromatic carbocycles. The first kappa shape index (κ1) is 15.3. The lowest BCUT2D eigenvalue weighted by atomic mass is 10.1. The monoisotopic (exact) mass is 301 g/mol. The zero-order valence-electron chi connectivity index (χ0n) is 13.4. The lowest BCUT2D eigenvalue weighted by Gasteiger charge is -2.36. The van der Waals surface area contributed by atoms with Crippen molar-refractivity contribution in [3.63, 3.8) is 0 Å². The summed E-state index contributed by atoms with van der Waals surface area (Å²) in [5.74, 6) is 0.352. The van der Waals surface area contributed by atoms with Crippen molar-refractivity contribution in [2.75, 3.05) is 50.7 Å². The molecule has 2 fully saturated rings.